The molecule has 0 unspecified atom stereocenters. The number of fused-ring (bicyclic) bond motifs is 1. The number of rotatable bonds is 6. The second kappa shape index (κ2) is 7.51. The van der Waals surface area contributed by atoms with Crippen LogP contribution in [0.4, 0.5) is 11.4 Å². The second-order valence-electron chi connectivity index (χ2n) is 5.39. The summed E-state index contributed by atoms with van der Waals surface area (Å²) >= 11 is 0. The molecule has 0 aliphatic rings. The number of carbonyl (C=O) groups is 1. The van der Waals surface area contributed by atoms with E-state index in [1.165, 1.54) is 0 Å². The average Bonchev–Trinajstić information content (AvgIpc) is 2.61. The van der Waals surface area contributed by atoms with E-state index in [4.69, 9.17) is 4.74 Å². The van der Waals surface area contributed by atoms with Crippen LogP contribution in [0.25, 0.3) is 10.8 Å². The van der Waals surface area contributed by atoms with Crippen molar-refractivity contribution in [3.8, 4) is 5.75 Å². The van der Waals surface area contributed by atoms with Gasteiger partial charge in [-0.3, -0.25) is 4.79 Å². The maximum atomic E-state index is 12.2. The van der Waals surface area contributed by atoms with Gasteiger partial charge < -0.3 is 15.4 Å². The Morgan fingerprint density at radius 1 is 1.00 bits per heavy atom. The van der Waals surface area contributed by atoms with Gasteiger partial charge in [-0.2, -0.15) is 0 Å². The van der Waals surface area contributed by atoms with Crippen molar-refractivity contribution in [1.82, 2.24) is 0 Å². The Kier molecular flexibility index (Phi) is 4.96. The minimum Gasteiger partial charge on any atom is -0.494 e. The van der Waals surface area contributed by atoms with Gasteiger partial charge in [0.1, 0.15) is 5.75 Å². The first kappa shape index (κ1) is 15.9. The van der Waals surface area contributed by atoms with Crippen molar-refractivity contribution in [3.63, 3.8) is 0 Å². The van der Waals surface area contributed by atoms with Crippen molar-refractivity contribution in [2.24, 2.45) is 0 Å². The van der Waals surface area contributed by atoms with Crippen molar-refractivity contribution in [2.45, 2.75) is 6.92 Å². The fourth-order valence-electron chi connectivity index (χ4n) is 2.57. The minimum atomic E-state index is -0.0897. The highest BCUT2D eigenvalue weighted by Crippen LogP contribution is 2.23. The minimum absolute atomic E-state index is 0.0897. The Balaban J connectivity index is 1.64. The van der Waals surface area contributed by atoms with Gasteiger partial charge in [0.2, 0.25) is 5.91 Å². The lowest BCUT2D eigenvalue weighted by Gasteiger charge is -2.11. The molecule has 0 saturated carbocycles. The first-order valence-corrected chi connectivity index (χ1v) is 8.00. The van der Waals surface area contributed by atoms with Crippen molar-refractivity contribution in [3.05, 3.63) is 66.7 Å². The molecule has 0 aromatic heterocycles. The van der Waals surface area contributed by atoms with Gasteiger partial charge >= 0.3 is 0 Å². The van der Waals surface area contributed by atoms with Crippen molar-refractivity contribution >= 4 is 28.1 Å². The average molecular weight is 320 g/mol. The van der Waals surface area contributed by atoms with E-state index in [-0.39, 0.29) is 12.5 Å². The van der Waals surface area contributed by atoms with Crippen LogP contribution in [0.5, 0.6) is 5.75 Å². The van der Waals surface area contributed by atoms with Crippen molar-refractivity contribution in [1.29, 1.82) is 0 Å². The third kappa shape index (κ3) is 3.84. The number of hydrogen-bond donors (Lipinski definition) is 2. The molecule has 4 heteroatoms. The third-order valence-electron chi connectivity index (χ3n) is 3.66. The molecule has 3 rings (SSSR count). The zero-order valence-electron chi connectivity index (χ0n) is 13.6. The monoisotopic (exact) mass is 320 g/mol. The number of ether oxygens (including phenoxy) is 1. The van der Waals surface area contributed by atoms with Crippen LogP contribution in [-0.2, 0) is 4.79 Å². The van der Waals surface area contributed by atoms with Crippen LogP contribution < -0.4 is 15.4 Å². The molecule has 2 N–H and O–H groups in total. The predicted octanol–water partition coefficient (Wildman–Crippen LogP) is 4.29. The van der Waals surface area contributed by atoms with Gasteiger partial charge in [0, 0.05) is 22.8 Å². The van der Waals surface area contributed by atoms with Crippen LogP contribution >= 0.6 is 0 Å². The van der Waals surface area contributed by atoms with Gasteiger partial charge in [-0.05, 0) is 30.5 Å². The van der Waals surface area contributed by atoms with Crippen molar-refractivity contribution < 1.29 is 9.53 Å². The van der Waals surface area contributed by atoms with Gasteiger partial charge in [-0.25, -0.2) is 0 Å². The number of amides is 1. The highest BCUT2D eigenvalue weighted by molar-refractivity contribution is 6.03. The van der Waals surface area contributed by atoms with Crippen LogP contribution in [0, 0.1) is 0 Å². The Morgan fingerprint density at radius 2 is 1.79 bits per heavy atom. The third-order valence-corrected chi connectivity index (χ3v) is 3.66. The van der Waals surface area contributed by atoms with Crippen LogP contribution in [0.2, 0.25) is 0 Å². The molecule has 0 radical (unpaired) electrons. The summed E-state index contributed by atoms with van der Waals surface area (Å²) < 4.78 is 5.46. The molecule has 0 aliphatic carbocycles. The second-order valence-corrected chi connectivity index (χ2v) is 5.39. The number of benzene rings is 3. The van der Waals surface area contributed by atoms with E-state index in [9.17, 15) is 4.79 Å². The summed E-state index contributed by atoms with van der Waals surface area (Å²) in [4.78, 5) is 12.2. The maximum absolute atomic E-state index is 12.2. The number of anilines is 2. The molecule has 0 fully saturated rings. The summed E-state index contributed by atoms with van der Waals surface area (Å²) in [6, 6.07) is 21.5. The highest BCUT2D eigenvalue weighted by atomic mass is 16.5. The quantitative estimate of drug-likeness (QED) is 0.712. The van der Waals surface area contributed by atoms with Crippen molar-refractivity contribution in [2.75, 3.05) is 23.8 Å². The van der Waals surface area contributed by atoms with E-state index in [0.29, 0.717) is 6.61 Å². The zero-order valence-corrected chi connectivity index (χ0v) is 13.6. The lowest BCUT2D eigenvalue weighted by molar-refractivity contribution is -0.114. The Labute approximate surface area is 141 Å². The SMILES string of the molecule is CCOc1cccc(NCC(=O)Nc2cccc3ccccc23)c1. The fraction of sp³-hybridized carbons (Fsp3) is 0.150. The van der Waals surface area contributed by atoms with Gasteiger partial charge in [-0.15, -0.1) is 0 Å². The smallest absolute Gasteiger partial charge is 0.243 e. The number of hydrogen-bond acceptors (Lipinski definition) is 3. The molecule has 0 heterocycles. The Morgan fingerprint density at radius 3 is 2.67 bits per heavy atom. The van der Waals surface area contributed by atoms with E-state index in [0.717, 1.165) is 27.9 Å². The molecular weight excluding hydrogens is 300 g/mol. The summed E-state index contributed by atoms with van der Waals surface area (Å²) in [5.74, 6) is 0.699. The lowest BCUT2D eigenvalue weighted by Crippen LogP contribution is -2.21. The molecule has 0 bridgehead atoms. The molecule has 0 saturated heterocycles. The summed E-state index contributed by atoms with van der Waals surface area (Å²) in [6.07, 6.45) is 0. The van der Waals surface area contributed by atoms with Gasteiger partial charge in [0.15, 0.2) is 0 Å². The molecule has 0 atom stereocenters. The zero-order chi connectivity index (χ0) is 16.8. The molecule has 4 nitrogen and oxygen atoms in total. The van der Waals surface area contributed by atoms with Crippen LogP contribution in [0.1, 0.15) is 6.92 Å². The Bertz CT molecular complexity index is 840. The summed E-state index contributed by atoms with van der Waals surface area (Å²) in [5, 5.41) is 8.22. The van der Waals surface area contributed by atoms with Gasteiger partial charge in [0.05, 0.1) is 13.2 Å². The number of nitrogens with one attached hydrogen (secondary N) is 2. The molecule has 24 heavy (non-hydrogen) atoms. The first-order chi connectivity index (χ1) is 11.8. The van der Waals surface area contributed by atoms with Crippen LogP contribution in [0.15, 0.2) is 66.7 Å². The van der Waals surface area contributed by atoms with E-state index in [1.54, 1.807) is 0 Å². The Hall–Kier alpha value is -3.01. The number of carbonyl (C=O) groups excluding carboxylic acids is 1. The van der Waals surface area contributed by atoms with Crippen LogP contribution in [0.3, 0.4) is 0 Å². The standard InChI is InChI=1S/C20H20N2O2/c1-2-24-17-10-6-9-16(13-17)21-14-20(23)22-19-12-5-8-15-7-3-4-11-18(15)19/h3-13,21H,2,14H2,1H3,(H,22,23). The van der Waals surface area contributed by atoms with E-state index in [2.05, 4.69) is 10.6 Å². The molecule has 3 aromatic carbocycles. The predicted molar refractivity (Wildman–Crippen MR) is 98.7 cm³/mol. The van der Waals surface area contributed by atoms with E-state index >= 15 is 0 Å². The largest absolute Gasteiger partial charge is 0.494 e. The van der Waals surface area contributed by atoms with Gasteiger partial charge in [-0.1, -0.05) is 42.5 Å². The maximum Gasteiger partial charge on any atom is 0.243 e. The molecule has 122 valence electrons. The molecular formula is C20H20N2O2. The fourth-order valence-corrected chi connectivity index (χ4v) is 2.57. The molecule has 0 aliphatic heterocycles. The summed E-state index contributed by atoms with van der Waals surface area (Å²) in [6.45, 7) is 2.75. The van der Waals surface area contributed by atoms with E-state index in [1.807, 2.05) is 73.7 Å². The molecule has 1 amide bonds. The first-order valence-electron chi connectivity index (χ1n) is 8.00. The van der Waals surface area contributed by atoms with Gasteiger partial charge in [0.25, 0.3) is 0 Å². The topological polar surface area (TPSA) is 50.4 Å². The summed E-state index contributed by atoms with van der Waals surface area (Å²) in [7, 11) is 0. The normalized spacial score (nSPS) is 10.4. The molecule has 0 spiro atoms. The van der Waals surface area contributed by atoms with E-state index < -0.39 is 0 Å². The summed E-state index contributed by atoms with van der Waals surface area (Å²) in [5.41, 5.74) is 1.68. The van der Waals surface area contributed by atoms with Crippen LogP contribution in [-0.4, -0.2) is 19.1 Å². The lowest BCUT2D eigenvalue weighted by atomic mass is 10.1. The highest BCUT2D eigenvalue weighted by Gasteiger charge is 2.06. The molecule has 3 aromatic rings.